The summed E-state index contributed by atoms with van der Waals surface area (Å²) in [5.74, 6) is 0. The van der Waals surface area contributed by atoms with E-state index in [0.717, 1.165) is 0 Å². The Labute approximate surface area is 46.4 Å². The Morgan fingerprint density at radius 3 is 2.17 bits per heavy atom. The molecule has 0 aliphatic heterocycles. The molecule has 1 aliphatic carbocycles. The molecule has 1 aliphatic rings. The van der Waals surface area contributed by atoms with Gasteiger partial charge in [0.15, 0.2) is 0 Å². The molecule has 0 nitrogen and oxygen atoms in total. The minimum atomic E-state index is 0.354. The summed E-state index contributed by atoms with van der Waals surface area (Å²) in [6.45, 7) is 2.16. The predicted molar refractivity (Wildman–Crippen MR) is 31.1 cm³/mol. The van der Waals surface area contributed by atoms with Crippen LogP contribution in [0.2, 0.25) is 0 Å². The van der Waals surface area contributed by atoms with Gasteiger partial charge in [-0.05, 0) is 13.3 Å². The summed E-state index contributed by atoms with van der Waals surface area (Å²) in [6, 6.07) is 0. The minimum Gasteiger partial charge on any atom is -0.0855 e. The van der Waals surface area contributed by atoms with E-state index in [9.17, 15) is 0 Å². The van der Waals surface area contributed by atoms with Crippen LogP contribution in [-0.2, 0) is 0 Å². The van der Waals surface area contributed by atoms with Gasteiger partial charge in [0.1, 0.15) is 0 Å². The lowest BCUT2D eigenvalue weighted by Gasteiger charge is -2.22. The van der Waals surface area contributed by atoms with Crippen LogP contribution >= 0.6 is 15.9 Å². The Morgan fingerprint density at radius 1 is 1.83 bits per heavy atom. The van der Waals surface area contributed by atoms with E-state index in [1.54, 1.807) is 0 Å². The second kappa shape index (κ2) is 1.09. The molecule has 0 fully saturated rings. The highest BCUT2D eigenvalue weighted by Gasteiger charge is 2.19. The number of halogens is 1. The third-order valence-electron chi connectivity index (χ3n) is 0.982. The zero-order valence-corrected chi connectivity index (χ0v) is 5.33. The van der Waals surface area contributed by atoms with Gasteiger partial charge in [-0.1, -0.05) is 28.1 Å². The second-order valence-electron chi connectivity index (χ2n) is 1.88. The summed E-state index contributed by atoms with van der Waals surface area (Å²) in [4.78, 5) is 0. The van der Waals surface area contributed by atoms with E-state index in [4.69, 9.17) is 0 Å². The molecule has 0 N–H and O–H groups in total. The van der Waals surface area contributed by atoms with E-state index in [-0.39, 0.29) is 0 Å². The van der Waals surface area contributed by atoms with Crippen molar-refractivity contribution in [2.24, 2.45) is 0 Å². The van der Waals surface area contributed by atoms with E-state index in [2.05, 4.69) is 35.0 Å². The van der Waals surface area contributed by atoms with Gasteiger partial charge in [-0.2, -0.15) is 0 Å². The van der Waals surface area contributed by atoms with Crippen molar-refractivity contribution in [1.82, 2.24) is 0 Å². The van der Waals surface area contributed by atoms with Crippen LogP contribution in [0.25, 0.3) is 0 Å². The predicted octanol–water partition coefficient (Wildman–Crippen LogP) is 2.10. The minimum absolute atomic E-state index is 0.354. The van der Waals surface area contributed by atoms with Gasteiger partial charge in [0.2, 0.25) is 0 Å². The van der Waals surface area contributed by atoms with E-state index >= 15 is 0 Å². The molecule has 0 amide bonds. The fourth-order valence-corrected chi connectivity index (χ4v) is 0.816. The summed E-state index contributed by atoms with van der Waals surface area (Å²) in [6.07, 6.45) is 5.51. The van der Waals surface area contributed by atoms with E-state index in [1.165, 1.54) is 6.42 Å². The molecular formula is C5H7Br. The van der Waals surface area contributed by atoms with Crippen molar-refractivity contribution in [3.05, 3.63) is 12.2 Å². The quantitative estimate of drug-likeness (QED) is 0.363. The number of rotatable bonds is 0. The third kappa shape index (κ3) is 0.648. The molecule has 6 heavy (non-hydrogen) atoms. The van der Waals surface area contributed by atoms with Crippen molar-refractivity contribution in [3.63, 3.8) is 0 Å². The average molecular weight is 147 g/mol. The van der Waals surface area contributed by atoms with Crippen molar-refractivity contribution in [1.29, 1.82) is 0 Å². The van der Waals surface area contributed by atoms with Gasteiger partial charge in [0.25, 0.3) is 0 Å². The fraction of sp³-hybridized carbons (Fsp3) is 0.600. The molecule has 1 heteroatoms. The maximum absolute atomic E-state index is 3.48. The van der Waals surface area contributed by atoms with Gasteiger partial charge < -0.3 is 0 Å². The Morgan fingerprint density at radius 2 is 2.17 bits per heavy atom. The molecule has 0 saturated carbocycles. The highest BCUT2D eigenvalue weighted by Crippen LogP contribution is 2.31. The molecule has 0 aromatic rings. The molecule has 0 heterocycles. The Kier molecular flexibility index (Phi) is 0.798. The number of allylic oxidation sites excluding steroid dienone is 2. The van der Waals surface area contributed by atoms with Gasteiger partial charge in [-0.3, -0.25) is 0 Å². The van der Waals surface area contributed by atoms with E-state index in [1.807, 2.05) is 0 Å². The second-order valence-corrected chi connectivity index (χ2v) is 3.70. The molecule has 0 aromatic heterocycles. The lowest BCUT2D eigenvalue weighted by Crippen LogP contribution is -2.16. The van der Waals surface area contributed by atoms with Gasteiger partial charge in [0, 0.05) is 4.32 Å². The first-order valence-electron chi connectivity index (χ1n) is 2.07. The Bertz CT molecular complexity index is 81.9. The summed E-state index contributed by atoms with van der Waals surface area (Å²) >= 11 is 3.48. The van der Waals surface area contributed by atoms with Crippen molar-refractivity contribution in [2.45, 2.75) is 17.7 Å². The molecule has 0 radical (unpaired) electrons. The van der Waals surface area contributed by atoms with Gasteiger partial charge in [-0.25, -0.2) is 0 Å². The van der Waals surface area contributed by atoms with Crippen LogP contribution in [0.5, 0.6) is 0 Å². The fourth-order valence-electron chi connectivity index (χ4n) is 0.443. The first kappa shape index (κ1) is 4.38. The third-order valence-corrected chi connectivity index (χ3v) is 1.57. The van der Waals surface area contributed by atoms with Crippen molar-refractivity contribution in [3.8, 4) is 0 Å². The van der Waals surface area contributed by atoms with E-state index < -0.39 is 0 Å². The number of hydrogen-bond acceptors (Lipinski definition) is 0. The summed E-state index contributed by atoms with van der Waals surface area (Å²) in [5, 5.41) is 0. The van der Waals surface area contributed by atoms with Crippen molar-refractivity contribution >= 4 is 15.9 Å². The molecule has 1 unspecified atom stereocenters. The van der Waals surface area contributed by atoms with Crippen LogP contribution in [0.3, 0.4) is 0 Å². The number of alkyl halides is 1. The van der Waals surface area contributed by atoms with Crippen LogP contribution in [0.4, 0.5) is 0 Å². The zero-order chi connectivity index (χ0) is 4.62. The molecule has 0 aromatic carbocycles. The lowest BCUT2D eigenvalue weighted by atomic mass is 9.98. The van der Waals surface area contributed by atoms with Gasteiger partial charge in [0.05, 0.1) is 0 Å². The van der Waals surface area contributed by atoms with Gasteiger partial charge in [-0.15, -0.1) is 0 Å². The topological polar surface area (TPSA) is 0 Å². The average Bonchev–Trinajstić information content (AvgIpc) is 1.32. The molecule has 0 saturated heterocycles. The maximum Gasteiger partial charge on any atom is 0.0442 e. The lowest BCUT2D eigenvalue weighted by molar-refractivity contribution is 0.758. The van der Waals surface area contributed by atoms with Gasteiger partial charge >= 0.3 is 0 Å². The van der Waals surface area contributed by atoms with Crippen LogP contribution in [-0.4, -0.2) is 4.32 Å². The van der Waals surface area contributed by atoms with Crippen LogP contribution in [0, 0.1) is 0 Å². The Balaban J connectivity index is 2.57. The van der Waals surface area contributed by atoms with Crippen molar-refractivity contribution in [2.75, 3.05) is 0 Å². The SMILES string of the molecule is CC1(Br)C=CC1. The number of hydrogen-bond donors (Lipinski definition) is 0. The molecule has 34 valence electrons. The standard InChI is InChI=1S/C5H7Br/c1-5(6)3-2-4-5/h2-3H,4H2,1H3. The van der Waals surface area contributed by atoms with Crippen LogP contribution in [0.15, 0.2) is 12.2 Å². The monoisotopic (exact) mass is 146 g/mol. The summed E-state index contributed by atoms with van der Waals surface area (Å²) in [5.41, 5.74) is 0. The molecule has 0 spiro atoms. The van der Waals surface area contributed by atoms with Crippen molar-refractivity contribution < 1.29 is 0 Å². The summed E-state index contributed by atoms with van der Waals surface area (Å²) < 4.78 is 0.354. The van der Waals surface area contributed by atoms with Crippen LogP contribution < -0.4 is 0 Å². The first-order chi connectivity index (χ1) is 2.71. The van der Waals surface area contributed by atoms with E-state index in [0.29, 0.717) is 4.32 Å². The molecular weight excluding hydrogens is 140 g/mol. The zero-order valence-electron chi connectivity index (χ0n) is 3.74. The molecule has 0 bridgehead atoms. The normalized spacial score (nSPS) is 42.3. The molecule has 1 rings (SSSR count). The smallest absolute Gasteiger partial charge is 0.0442 e. The first-order valence-corrected chi connectivity index (χ1v) is 2.87. The maximum atomic E-state index is 3.48. The Hall–Kier alpha value is 0.220. The summed E-state index contributed by atoms with van der Waals surface area (Å²) in [7, 11) is 0. The molecule has 1 atom stereocenters. The highest BCUT2D eigenvalue weighted by molar-refractivity contribution is 9.10. The van der Waals surface area contributed by atoms with Crippen LogP contribution in [0.1, 0.15) is 13.3 Å². The largest absolute Gasteiger partial charge is 0.0855 e. The highest BCUT2D eigenvalue weighted by atomic mass is 79.9.